The summed E-state index contributed by atoms with van der Waals surface area (Å²) in [6.07, 6.45) is -0.314. The fourth-order valence-electron chi connectivity index (χ4n) is 3.49. The van der Waals surface area contributed by atoms with Crippen LogP contribution < -0.4 is 10.6 Å². The van der Waals surface area contributed by atoms with E-state index < -0.39 is 29.8 Å². The highest BCUT2D eigenvalue weighted by Crippen LogP contribution is 2.28. The molecule has 2 unspecified atom stereocenters. The summed E-state index contributed by atoms with van der Waals surface area (Å²) in [5.41, 5.74) is 1.74. The van der Waals surface area contributed by atoms with Crippen molar-refractivity contribution in [3.63, 3.8) is 0 Å². The van der Waals surface area contributed by atoms with E-state index in [0.29, 0.717) is 16.8 Å². The molecule has 35 heavy (non-hydrogen) atoms. The number of anilines is 1. The van der Waals surface area contributed by atoms with E-state index in [1.54, 1.807) is 31.2 Å². The van der Waals surface area contributed by atoms with Crippen molar-refractivity contribution in [3.05, 3.63) is 71.3 Å². The number of tetrazole rings is 1. The average molecular weight is 484 g/mol. The van der Waals surface area contributed by atoms with Gasteiger partial charge in [-0.05, 0) is 52.7 Å². The van der Waals surface area contributed by atoms with E-state index in [4.69, 9.17) is 4.74 Å². The number of ether oxygens (including phenoxy) is 1. The van der Waals surface area contributed by atoms with E-state index in [-0.39, 0.29) is 31.3 Å². The molecule has 1 heterocycles. The first-order valence-electron chi connectivity index (χ1n) is 10.8. The van der Waals surface area contributed by atoms with Crippen LogP contribution in [0.1, 0.15) is 49.3 Å². The second kappa shape index (κ2) is 11.8. The highest BCUT2D eigenvalue weighted by molar-refractivity contribution is 5.88. The molecule has 0 aliphatic rings. The number of nitrogens with one attached hydrogen (secondary N) is 2. The fraction of sp³-hybridized carbons (Fsp3) is 0.304. The van der Waals surface area contributed by atoms with Gasteiger partial charge in [0.15, 0.2) is 5.82 Å². The molecule has 11 nitrogen and oxygen atoms in total. The van der Waals surface area contributed by atoms with Crippen LogP contribution in [0.5, 0.6) is 0 Å². The zero-order chi connectivity index (χ0) is 25.4. The second-order valence-corrected chi connectivity index (χ2v) is 7.60. The molecule has 0 saturated heterocycles. The Hall–Kier alpha value is -4.19. The van der Waals surface area contributed by atoms with Crippen LogP contribution in [0.15, 0.2) is 48.5 Å². The number of carboxylic acids is 1. The van der Waals surface area contributed by atoms with E-state index in [2.05, 4.69) is 26.2 Å². The molecule has 0 radical (unpaired) electrons. The van der Waals surface area contributed by atoms with E-state index >= 15 is 0 Å². The third kappa shape index (κ3) is 7.14. The van der Waals surface area contributed by atoms with Gasteiger partial charge in [0.25, 0.3) is 0 Å². The van der Waals surface area contributed by atoms with Crippen molar-refractivity contribution in [3.8, 4) is 0 Å². The molecule has 2 aromatic carbocycles. The zero-order valence-corrected chi connectivity index (χ0v) is 19.1. The summed E-state index contributed by atoms with van der Waals surface area (Å²) in [4.78, 5) is 35.1. The number of rotatable bonds is 11. The number of carboxylic acid groups (broad SMARTS) is 1. The summed E-state index contributed by atoms with van der Waals surface area (Å²) in [6, 6.07) is 10.7. The minimum absolute atomic E-state index is 0.188. The molecule has 12 heteroatoms. The van der Waals surface area contributed by atoms with Gasteiger partial charge in [0.2, 0.25) is 5.91 Å². The SMILES string of the molecule is CCOC(=O)Cn1nnnc1C(NC(CC(=O)O)c1ccc(F)cc1)c1ccc(NC(C)=O)cc1. The van der Waals surface area contributed by atoms with Crippen LogP contribution in [-0.4, -0.2) is 49.8 Å². The number of hydrogen-bond acceptors (Lipinski definition) is 8. The maximum atomic E-state index is 13.5. The van der Waals surface area contributed by atoms with Crippen LogP contribution in [0.3, 0.4) is 0 Å². The Morgan fingerprint density at radius 2 is 1.74 bits per heavy atom. The Morgan fingerprint density at radius 1 is 1.09 bits per heavy atom. The number of nitrogens with zero attached hydrogens (tertiary/aromatic N) is 4. The normalized spacial score (nSPS) is 12.5. The molecule has 3 aromatic rings. The summed E-state index contributed by atoms with van der Waals surface area (Å²) < 4.78 is 19.7. The van der Waals surface area contributed by atoms with Crippen LogP contribution >= 0.6 is 0 Å². The number of carbonyl (C=O) groups excluding carboxylic acids is 2. The molecule has 0 saturated carbocycles. The predicted octanol–water partition coefficient (Wildman–Crippen LogP) is 2.23. The average Bonchev–Trinajstić information content (AvgIpc) is 3.25. The molecular weight excluding hydrogens is 459 g/mol. The highest BCUT2D eigenvalue weighted by atomic mass is 19.1. The quantitative estimate of drug-likeness (QED) is 0.348. The molecule has 0 spiro atoms. The number of hydrogen-bond donors (Lipinski definition) is 3. The highest BCUT2D eigenvalue weighted by Gasteiger charge is 2.27. The first-order chi connectivity index (χ1) is 16.8. The molecule has 0 aliphatic carbocycles. The Balaban J connectivity index is 2.01. The number of amides is 1. The van der Waals surface area contributed by atoms with Crippen LogP contribution in [0.25, 0.3) is 0 Å². The fourth-order valence-corrected chi connectivity index (χ4v) is 3.49. The first kappa shape index (κ1) is 25.4. The van der Waals surface area contributed by atoms with Gasteiger partial charge < -0.3 is 15.2 Å². The van der Waals surface area contributed by atoms with Gasteiger partial charge in [0.05, 0.1) is 19.1 Å². The van der Waals surface area contributed by atoms with Gasteiger partial charge in [-0.15, -0.1) is 5.10 Å². The monoisotopic (exact) mass is 484 g/mol. The summed E-state index contributed by atoms with van der Waals surface area (Å²) in [7, 11) is 0. The molecule has 184 valence electrons. The van der Waals surface area contributed by atoms with Gasteiger partial charge in [0, 0.05) is 18.7 Å². The van der Waals surface area contributed by atoms with Gasteiger partial charge in [-0.1, -0.05) is 24.3 Å². The minimum atomic E-state index is -1.07. The van der Waals surface area contributed by atoms with Crippen molar-refractivity contribution in [2.75, 3.05) is 11.9 Å². The van der Waals surface area contributed by atoms with Gasteiger partial charge in [-0.25, -0.2) is 9.07 Å². The molecule has 0 fully saturated rings. The summed E-state index contributed by atoms with van der Waals surface area (Å²) in [5.74, 6) is -2.06. The topological polar surface area (TPSA) is 148 Å². The Kier molecular flexibility index (Phi) is 8.57. The molecule has 1 aromatic heterocycles. The molecular formula is C23H25FN6O5. The maximum Gasteiger partial charge on any atom is 0.327 e. The molecule has 0 aliphatic heterocycles. The first-order valence-corrected chi connectivity index (χ1v) is 10.8. The van der Waals surface area contributed by atoms with Crippen LogP contribution in [0.2, 0.25) is 0 Å². The molecule has 1 amide bonds. The van der Waals surface area contributed by atoms with Crippen molar-refractivity contribution >= 4 is 23.5 Å². The number of benzene rings is 2. The van der Waals surface area contributed by atoms with E-state index in [1.807, 2.05) is 0 Å². The maximum absolute atomic E-state index is 13.5. The lowest BCUT2D eigenvalue weighted by Crippen LogP contribution is -2.32. The van der Waals surface area contributed by atoms with Gasteiger partial charge in [0.1, 0.15) is 12.4 Å². The lowest BCUT2D eigenvalue weighted by Gasteiger charge is -2.25. The van der Waals surface area contributed by atoms with E-state index in [0.717, 1.165) is 0 Å². The molecule has 3 N–H and O–H groups in total. The van der Waals surface area contributed by atoms with Gasteiger partial charge >= 0.3 is 11.9 Å². The van der Waals surface area contributed by atoms with Crippen molar-refractivity contribution < 1.29 is 28.6 Å². The number of halogens is 1. The lowest BCUT2D eigenvalue weighted by molar-refractivity contribution is -0.144. The second-order valence-electron chi connectivity index (χ2n) is 7.60. The van der Waals surface area contributed by atoms with E-state index in [1.165, 1.54) is 35.9 Å². The molecule has 3 rings (SSSR count). The van der Waals surface area contributed by atoms with Crippen molar-refractivity contribution in [1.29, 1.82) is 0 Å². The number of aliphatic carboxylic acids is 1. The molecule has 2 atom stereocenters. The Morgan fingerprint density at radius 3 is 2.34 bits per heavy atom. The van der Waals surface area contributed by atoms with Crippen LogP contribution in [0.4, 0.5) is 10.1 Å². The van der Waals surface area contributed by atoms with Crippen molar-refractivity contribution in [1.82, 2.24) is 25.5 Å². The van der Waals surface area contributed by atoms with Crippen LogP contribution in [0, 0.1) is 5.82 Å². The van der Waals surface area contributed by atoms with Crippen LogP contribution in [-0.2, 0) is 25.7 Å². The Labute approximate surface area is 200 Å². The summed E-state index contributed by atoms with van der Waals surface area (Å²) >= 11 is 0. The number of esters is 1. The lowest BCUT2D eigenvalue weighted by atomic mass is 9.99. The van der Waals surface area contributed by atoms with Gasteiger partial charge in [-0.3, -0.25) is 19.7 Å². The smallest absolute Gasteiger partial charge is 0.327 e. The number of aromatic nitrogens is 4. The standard InChI is InChI=1S/C23H25FN6O5/c1-3-35-21(34)13-30-23(27-28-29-30)22(16-6-10-18(11-7-16)25-14(2)31)26-19(12-20(32)33)15-4-8-17(24)9-5-15/h4-11,19,22,26H,3,12-13H2,1-2H3,(H,25,31)(H,32,33). The Bertz CT molecular complexity index is 1170. The summed E-state index contributed by atoms with van der Waals surface area (Å²) in [5, 5.41) is 27.1. The van der Waals surface area contributed by atoms with Crippen molar-refractivity contribution in [2.24, 2.45) is 0 Å². The summed E-state index contributed by atoms with van der Waals surface area (Å²) in [6.45, 7) is 3.01. The van der Waals surface area contributed by atoms with Gasteiger partial charge in [-0.2, -0.15) is 0 Å². The van der Waals surface area contributed by atoms with E-state index in [9.17, 15) is 23.9 Å². The van der Waals surface area contributed by atoms with Crippen molar-refractivity contribution in [2.45, 2.75) is 38.9 Å². The largest absolute Gasteiger partial charge is 0.481 e. The number of carbonyl (C=O) groups is 3. The third-order valence-corrected chi connectivity index (χ3v) is 4.99. The minimum Gasteiger partial charge on any atom is -0.481 e. The third-order valence-electron chi connectivity index (χ3n) is 4.99. The predicted molar refractivity (Wildman–Crippen MR) is 122 cm³/mol. The molecule has 0 bridgehead atoms. The zero-order valence-electron chi connectivity index (χ0n) is 19.1.